The van der Waals surface area contributed by atoms with Gasteiger partial charge in [-0.1, -0.05) is 12.1 Å². The van der Waals surface area contributed by atoms with Crippen molar-refractivity contribution in [3.63, 3.8) is 0 Å². The standard InChI is InChI=1S/C20H18FNO4/c1-26-15-5-2-13(3-6-15)16-10-11-22(18(16)7-9-20(24)25)14-4-8-19(23)17(21)12-14/h2-6,8,10-12,23H,7,9H2,1H3,(H,24,25). The van der Waals surface area contributed by atoms with Gasteiger partial charge in [0.2, 0.25) is 0 Å². The van der Waals surface area contributed by atoms with Crippen LogP contribution in [0.2, 0.25) is 0 Å². The Balaban J connectivity index is 2.07. The second kappa shape index (κ2) is 7.31. The summed E-state index contributed by atoms with van der Waals surface area (Å²) in [4.78, 5) is 11.1. The Kier molecular flexibility index (Phi) is 4.93. The Morgan fingerprint density at radius 1 is 1.15 bits per heavy atom. The molecule has 5 nitrogen and oxygen atoms in total. The van der Waals surface area contributed by atoms with Crippen molar-refractivity contribution in [3.8, 4) is 28.3 Å². The van der Waals surface area contributed by atoms with E-state index in [0.29, 0.717) is 5.69 Å². The van der Waals surface area contributed by atoms with E-state index in [1.807, 2.05) is 30.3 Å². The van der Waals surface area contributed by atoms with E-state index in [4.69, 9.17) is 9.84 Å². The molecule has 0 atom stereocenters. The van der Waals surface area contributed by atoms with Crippen molar-refractivity contribution in [2.75, 3.05) is 7.11 Å². The van der Waals surface area contributed by atoms with E-state index in [2.05, 4.69) is 0 Å². The maximum absolute atomic E-state index is 13.8. The molecule has 0 radical (unpaired) electrons. The molecule has 0 aliphatic carbocycles. The van der Waals surface area contributed by atoms with Crippen LogP contribution in [0, 0.1) is 5.82 Å². The largest absolute Gasteiger partial charge is 0.505 e. The second-order valence-corrected chi connectivity index (χ2v) is 5.80. The van der Waals surface area contributed by atoms with Gasteiger partial charge in [-0.05, 0) is 42.3 Å². The zero-order valence-corrected chi connectivity index (χ0v) is 14.1. The number of carboxylic acids is 1. The molecule has 2 aromatic carbocycles. The molecule has 0 spiro atoms. The Hall–Kier alpha value is -3.28. The zero-order chi connectivity index (χ0) is 18.7. The minimum Gasteiger partial charge on any atom is -0.505 e. The number of methoxy groups -OCH3 is 1. The lowest BCUT2D eigenvalue weighted by Gasteiger charge is -2.12. The van der Waals surface area contributed by atoms with Crippen molar-refractivity contribution in [1.82, 2.24) is 4.57 Å². The normalized spacial score (nSPS) is 10.7. The maximum atomic E-state index is 13.8. The van der Waals surface area contributed by atoms with Gasteiger partial charge in [0.15, 0.2) is 11.6 Å². The first-order chi connectivity index (χ1) is 12.5. The average molecular weight is 355 g/mol. The van der Waals surface area contributed by atoms with Crippen LogP contribution in [0.25, 0.3) is 16.8 Å². The average Bonchev–Trinajstić information content (AvgIpc) is 3.06. The van der Waals surface area contributed by atoms with E-state index in [-0.39, 0.29) is 12.8 Å². The molecular weight excluding hydrogens is 337 g/mol. The third-order valence-electron chi connectivity index (χ3n) is 4.18. The van der Waals surface area contributed by atoms with Crippen LogP contribution in [-0.2, 0) is 11.2 Å². The summed E-state index contributed by atoms with van der Waals surface area (Å²) in [6.07, 6.45) is 2.00. The molecule has 0 saturated heterocycles. The topological polar surface area (TPSA) is 71.7 Å². The van der Waals surface area contributed by atoms with Gasteiger partial charge in [0.25, 0.3) is 0 Å². The number of nitrogens with zero attached hydrogens (tertiary/aromatic N) is 1. The Bertz CT molecular complexity index is 931. The van der Waals surface area contributed by atoms with E-state index < -0.39 is 17.5 Å². The van der Waals surface area contributed by atoms with Crippen molar-refractivity contribution in [3.05, 3.63) is 66.2 Å². The van der Waals surface area contributed by atoms with Gasteiger partial charge in [-0.15, -0.1) is 0 Å². The van der Waals surface area contributed by atoms with Gasteiger partial charge < -0.3 is 19.5 Å². The van der Waals surface area contributed by atoms with Crippen molar-refractivity contribution in [2.24, 2.45) is 0 Å². The summed E-state index contributed by atoms with van der Waals surface area (Å²) in [5, 5.41) is 18.5. The van der Waals surface area contributed by atoms with Crippen LogP contribution in [0.15, 0.2) is 54.7 Å². The summed E-state index contributed by atoms with van der Waals surface area (Å²) >= 11 is 0. The summed E-state index contributed by atoms with van der Waals surface area (Å²) < 4.78 is 20.7. The SMILES string of the molecule is COc1ccc(-c2ccn(-c3ccc(O)c(F)c3)c2CCC(=O)O)cc1. The van der Waals surface area contributed by atoms with Gasteiger partial charge >= 0.3 is 5.97 Å². The number of phenols is 1. The number of aromatic hydroxyl groups is 1. The third-order valence-corrected chi connectivity index (χ3v) is 4.18. The molecule has 3 rings (SSSR count). The summed E-state index contributed by atoms with van der Waals surface area (Å²) in [5.74, 6) is -1.34. The number of ether oxygens (including phenoxy) is 1. The van der Waals surface area contributed by atoms with E-state index in [1.165, 1.54) is 12.1 Å². The number of aromatic nitrogens is 1. The predicted octanol–water partition coefficient (Wildman–Crippen LogP) is 4.01. The fourth-order valence-corrected chi connectivity index (χ4v) is 2.87. The summed E-state index contributed by atoms with van der Waals surface area (Å²) in [7, 11) is 1.59. The monoisotopic (exact) mass is 355 g/mol. The zero-order valence-electron chi connectivity index (χ0n) is 14.1. The molecule has 6 heteroatoms. The lowest BCUT2D eigenvalue weighted by Crippen LogP contribution is -2.05. The number of benzene rings is 2. The lowest BCUT2D eigenvalue weighted by molar-refractivity contribution is -0.136. The predicted molar refractivity (Wildman–Crippen MR) is 95.3 cm³/mol. The molecule has 3 aromatic rings. The molecule has 0 unspecified atom stereocenters. The first kappa shape index (κ1) is 17.5. The molecule has 134 valence electrons. The van der Waals surface area contributed by atoms with Crippen molar-refractivity contribution < 1.29 is 24.1 Å². The minimum absolute atomic E-state index is 0.0479. The first-order valence-electron chi connectivity index (χ1n) is 8.05. The molecule has 26 heavy (non-hydrogen) atoms. The van der Waals surface area contributed by atoms with Crippen LogP contribution in [0.5, 0.6) is 11.5 Å². The van der Waals surface area contributed by atoms with E-state index in [0.717, 1.165) is 22.6 Å². The van der Waals surface area contributed by atoms with E-state index in [9.17, 15) is 14.3 Å². The van der Waals surface area contributed by atoms with Gasteiger partial charge in [-0.25, -0.2) is 4.39 Å². The number of carboxylic acid groups (broad SMARTS) is 1. The molecule has 0 amide bonds. The van der Waals surface area contributed by atoms with Gasteiger partial charge in [-0.2, -0.15) is 0 Å². The van der Waals surface area contributed by atoms with Gasteiger partial charge in [0.05, 0.1) is 13.5 Å². The van der Waals surface area contributed by atoms with Crippen LogP contribution >= 0.6 is 0 Å². The molecule has 1 heterocycles. The fraction of sp³-hybridized carbons (Fsp3) is 0.150. The highest BCUT2D eigenvalue weighted by Gasteiger charge is 2.15. The van der Waals surface area contributed by atoms with Gasteiger partial charge in [-0.3, -0.25) is 4.79 Å². The summed E-state index contributed by atoms with van der Waals surface area (Å²) in [6, 6.07) is 13.4. The number of hydrogen-bond acceptors (Lipinski definition) is 3. The van der Waals surface area contributed by atoms with Crippen molar-refractivity contribution in [1.29, 1.82) is 0 Å². The number of hydrogen-bond donors (Lipinski definition) is 2. The van der Waals surface area contributed by atoms with Crippen molar-refractivity contribution >= 4 is 5.97 Å². The van der Waals surface area contributed by atoms with E-state index in [1.54, 1.807) is 23.9 Å². The minimum atomic E-state index is -0.907. The highest BCUT2D eigenvalue weighted by Crippen LogP contribution is 2.30. The number of halogens is 1. The summed E-state index contributed by atoms with van der Waals surface area (Å²) in [6.45, 7) is 0. The van der Waals surface area contributed by atoms with Crippen LogP contribution in [0.1, 0.15) is 12.1 Å². The number of aliphatic carboxylic acids is 1. The van der Waals surface area contributed by atoms with E-state index >= 15 is 0 Å². The first-order valence-corrected chi connectivity index (χ1v) is 8.05. The van der Waals surface area contributed by atoms with Crippen molar-refractivity contribution in [2.45, 2.75) is 12.8 Å². The van der Waals surface area contributed by atoms with Crippen LogP contribution in [-0.4, -0.2) is 27.9 Å². The Morgan fingerprint density at radius 3 is 2.50 bits per heavy atom. The molecule has 0 fully saturated rings. The molecule has 0 aliphatic heterocycles. The van der Waals surface area contributed by atoms with Gasteiger partial charge in [0, 0.05) is 29.2 Å². The molecule has 0 saturated carbocycles. The van der Waals surface area contributed by atoms with Gasteiger partial charge in [0.1, 0.15) is 5.75 Å². The number of rotatable bonds is 6. The molecule has 2 N–H and O–H groups in total. The molecule has 1 aromatic heterocycles. The highest BCUT2D eigenvalue weighted by molar-refractivity contribution is 5.71. The van der Waals surface area contributed by atoms with Crippen LogP contribution in [0.3, 0.4) is 0 Å². The highest BCUT2D eigenvalue weighted by atomic mass is 19.1. The third kappa shape index (κ3) is 3.54. The smallest absolute Gasteiger partial charge is 0.303 e. The number of phenolic OH excluding ortho intramolecular Hbond substituents is 1. The summed E-state index contributed by atoms with van der Waals surface area (Å²) in [5.41, 5.74) is 3.04. The Labute approximate surface area is 149 Å². The fourth-order valence-electron chi connectivity index (χ4n) is 2.87. The molecular formula is C20H18FNO4. The molecule has 0 bridgehead atoms. The quantitative estimate of drug-likeness (QED) is 0.701. The number of carbonyl (C=O) groups is 1. The lowest BCUT2D eigenvalue weighted by atomic mass is 10.0. The van der Waals surface area contributed by atoms with Crippen LogP contribution in [0.4, 0.5) is 4.39 Å². The molecule has 0 aliphatic rings. The Morgan fingerprint density at radius 2 is 1.88 bits per heavy atom. The maximum Gasteiger partial charge on any atom is 0.303 e. The van der Waals surface area contributed by atoms with Crippen LogP contribution < -0.4 is 4.74 Å². The second-order valence-electron chi connectivity index (χ2n) is 5.80.